The van der Waals surface area contributed by atoms with Crippen molar-refractivity contribution >= 4 is 16.9 Å². The summed E-state index contributed by atoms with van der Waals surface area (Å²) < 4.78 is 0. The Balaban J connectivity index is 1.90. The molecule has 2 heteroatoms. The van der Waals surface area contributed by atoms with Crippen molar-refractivity contribution in [3.05, 3.63) is 82.4 Å². The number of aryl methyl sites for hydroxylation is 2. The third kappa shape index (κ3) is 6.77. The topological polar surface area (TPSA) is 29.1 Å². The number of carbonyl (C=O) groups excluding carboxylic acids is 1. The molecule has 176 valence electrons. The van der Waals surface area contributed by atoms with Gasteiger partial charge in [-0.15, -0.1) is 0 Å². The summed E-state index contributed by atoms with van der Waals surface area (Å²) in [5.41, 5.74) is 8.95. The van der Waals surface area contributed by atoms with Crippen LogP contribution in [0.3, 0.4) is 0 Å². The molecule has 0 radical (unpaired) electrons. The summed E-state index contributed by atoms with van der Waals surface area (Å²) in [6.07, 6.45) is 8.51. The fourth-order valence-electron chi connectivity index (χ4n) is 4.76. The predicted octanol–water partition coefficient (Wildman–Crippen LogP) is 7.70. The summed E-state index contributed by atoms with van der Waals surface area (Å²) >= 11 is 0. The largest absolute Gasteiger partial charge is 0.307 e. The second kappa shape index (κ2) is 12.1. The Morgan fingerprint density at radius 3 is 2.12 bits per heavy atom. The van der Waals surface area contributed by atoms with Crippen LogP contribution in [0.15, 0.2) is 60.2 Å². The second-order valence-electron chi connectivity index (χ2n) is 9.78. The monoisotopic (exact) mass is 443 g/mol. The minimum absolute atomic E-state index is 0.0688. The van der Waals surface area contributed by atoms with Crippen LogP contribution in [0, 0.1) is 19.8 Å². The molecule has 0 bridgehead atoms. The molecule has 1 heterocycles. The molecule has 2 aromatic carbocycles. The molecule has 0 spiro atoms. The second-order valence-corrected chi connectivity index (χ2v) is 9.78. The first kappa shape index (κ1) is 25.2. The van der Waals surface area contributed by atoms with Gasteiger partial charge in [-0.25, -0.2) is 0 Å². The van der Waals surface area contributed by atoms with Crippen LogP contribution in [0.1, 0.15) is 81.5 Å². The zero-order valence-electron chi connectivity index (χ0n) is 21.2. The van der Waals surface area contributed by atoms with Gasteiger partial charge in [-0.1, -0.05) is 98.8 Å². The summed E-state index contributed by atoms with van der Waals surface area (Å²) in [5, 5.41) is 3.73. The van der Waals surface area contributed by atoms with Crippen LogP contribution in [-0.2, 0) is 4.79 Å². The molecule has 0 aromatic heterocycles. The Kier molecular flexibility index (Phi) is 9.26. The minimum atomic E-state index is 0.0688. The normalized spacial score (nSPS) is 17.5. The molecule has 2 atom stereocenters. The average molecular weight is 444 g/mol. The lowest BCUT2D eigenvalue weighted by molar-refractivity contribution is -0.122. The first-order valence-corrected chi connectivity index (χ1v) is 12.7. The first-order valence-electron chi connectivity index (χ1n) is 12.7. The van der Waals surface area contributed by atoms with E-state index < -0.39 is 0 Å². The average Bonchev–Trinajstić information content (AvgIpc) is 2.96. The van der Waals surface area contributed by atoms with Crippen molar-refractivity contribution < 1.29 is 4.79 Å². The molecule has 2 aromatic rings. The van der Waals surface area contributed by atoms with E-state index in [9.17, 15) is 4.79 Å². The molecule has 1 aliphatic rings. The number of ketones is 1. The SMILES string of the molecule is CCCCCCC(=O)C(C)CC1NCC=C(c2ccc(C)cc2)C(c2ccc(C)cc2)=C1C. The number of unbranched alkanes of at least 4 members (excludes halogenated alkanes) is 3. The summed E-state index contributed by atoms with van der Waals surface area (Å²) in [5.74, 6) is 0.479. The Bertz CT molecular complexity index is 979. The van der Waals surface area contributed by atoms with Gasteiger partial charge < -0.3 is 5.32 Å². The molecular formula is C31H41NO. The molecule has 0 fully saturated rings. The molecule has 0 saturated heterocycles. The number of nitrogens with one attached hydrogen (secondary N) is 1. The van der Waals surface area contributed by atoms with Crippen molar-refractivity contribution in [1.29, 1.82) is 0 Å². The number of carbonyl (C=O) groups is 1. The highest BCUT2D eigenvalue weighted by Crippen LogP contribution is 2.37. The zero-order valence-corrected chi connectivity index (χ0v) is 21.2. The van der Waals surface area contributed by atoms with E-state index in [0.717, 1.165) is 25.8 Å². The number of hydrogen-bond acceptors (Lipinski definition) is 2. The Hall–Kier alpha value is -2.45. The van der Waals surface area contributed by atoms with Crippen LogP contribution >= 0.6 is 0 Å². The van der Waals surface area contributed by atoms with E-state index in [1.807, 2.05) is 0 Å². The number of Topliss-reactive ketones (excluding diaryl/α,β-unsaturated/α-hetero) is 1. The van der Waals surface area contributed by atoms with Crippen LogP contribution in [0.25, 0.3) is 11.1 Å². The van der Waals surface area contributed by atoms with Gasteiger partial charge in [0.2, 0.25) is 0 Å². The Morgan fingerprint density at radius 1 is 0.909 bits per heavy atom. The van der Waals surface area contributed by atoms with Gasteiger partial charge in [-0.05, 0) is 61.5 Å². The fraction of sp³-hybridized carbons (Fsp3) is 0.452. The fourth-order valence-corrected chi connectivity index (χ4v) is 4.76. The van der Waals surface area contributed by atoms with E-state index in [4.69, 9.17) is 0 Å². The van der Waals surface area contributed by atoms with Crippen molar-refractivity contribution in [2.24, 2.45) is 5.92 Å². The molecule has 33 heavy (non-hydrogen) atoms. The maximum Gasteiger partial charge on any atom is 0.135 e. The number of benzene rings is 2. The lowest BCUT2D eigenvalue weighted by Crippen LogP contribution is -2.33. The maximum atomic E-state index is 12.8. The van der Waals surface area contributed by atoms with E-state index in [2.05, 4.69) is 94.5 Å². The van der Waals surface area contributed by atoms with E-state index >= 15 is 0 Å². The predicted molar refractivity (Wildman–Crippen MR) is 142 cm³/mol. The van der Waals surface area contributed by atoms with Gasteiger partial charge in [0, 0.05) is 24.9 Å². The van der Waals surface area contributed by atoms with E-state index in [1.165, 1.54) is 51.8 Å². The quantitative estimate of drug-likeness (QED) is 0.381. The standard InChI is InChI=1S/C31H41NO/c1-6-7-8-9-10-30(33)24(4)21-29-25(5)31(27-17-13-23(3)14-18-27)28(19-20-32-29)26-15-11-22(2)12-16-26/h11-19,24,29,32H,6-10,20-21H2,1-5H3. The lowest BCUT2D eigenvalue weighted by atomic mass is 9.84. The van der Waals surface area contributed by atoms with Crippen molar-refractivity contribution in [2.75, 3.05) is 6.54 Å². The van der Waals surface area contributed by atoms with Gasteiger partial charge in [-0.3, -0.25) is 4.79 Å². The lowest BCUT2D eigenvalue weighted by Gasteiger charge is -2.24. The summed E-state index contributed by atoms with van der Waals surface area (Å²) in [4.78, 5) is 12.8. The van der Waals surface area contributed by atoms with Crippen LogP contribution in [-0.4, -0.2) is 18.4 Å². The van der Waals surface area contributed by atoms with Crippen LogP contribution in [0.5, 0.6) is 0 Å². The molecule has 0 amide bonds. The number of allylic oxidation sites excluding steroid dienone is 2. The third-order valence-corrected chi connectivity index (χ3v) is 6.98. The minimum Gasteiger partial charge on any atom is -0.307 e. The first-order chi connectivity index (χ1) is 15.9. The van der Waals surface area contributed by atoms with E-state index in [0.29, 0.717) is 12.2 Å². The number of rotatable bonds is 10. The molecule has 0 saturated carbocycles. The molecule has 0 aliphatic carbocycles. The van der Waals surface area contributed by atoms with Crippen LogP contribution in [0.4, 0.5) is 0 Å². The summed E-state index contributed by atoms with van der Waals surface area (Å²) in [7, 11) is 0. The van der Waals surface area contributed by atoms with Crippen LogP contribution < -0.4 is 5.32 Å². The van der Waals surface area contributed by atoms with Crippen molar-refractivity contribution in [3.63, 3.8) is 0 Å². The van der Waals surface area contributed by atoms with Gasteiger partial charge in [0.25, 0.3) is 0 Å². The molecular weight excluding hydrogens is 402 g/mol. The van der Waals surface area contributed by atoms with Crippen molar-refractivity contribution in [2.45, 2.75) is 79.2 Å². The van der Waals surface area contributed by atoms with Gasteiger partial charge in [0.05, 0.1) is 0 Å². The smallest absolute Gasteiger partial charge is 0.135 e. The van der Waals surface area contributed by atoms with Gasteiger partial charge in [0.15, 0.2) is 0 Å². The molecule has 3 rings (SSSR count). The number of hydrogen-bond donors (Lipinski definition) is 1. The highest BCUT2D eigenvalue weighted by Gasteiger charge is 2.25. The van der Waals surface area contributed by atoms with Gasteiger partial charge in [0.1, 0.15) is 5.78 Å². The summed E-state index contributed by atoms with van der Waals surface area (Å²) in [6.45, 7) is 11.6. The Morgan fingerprint density at radius 2 is 1.52 bits per heavy atom. The Labute approximate surface area is 201 Å². The molecule has 2 nitrogen and oxygen atoms in total. The molecule has 2 unspecified atom stereocenters. The van der Waals surface area contributed by atoms with Crippen molar-refractivity contribution in [3.8, 4) is 0 Å². The maximum absolute atomic E-state index is 12.8. The highest BCUT2D eigenvalue weighted by molar-refractivity contribution is 6.06. The summed E-state index contributed by atoms with van der Waals surface area (Å²) in [6, 6.07) is 17.9. The van der Waals surface area contributed by atoms with E-state index in [-0.39, 0.29) is 12.0 Å². The third-order valence-electron chi connectivity index (χ3n) is 6.98. The molecule has 1 aliphatic heterocycles. The zero-order chi connectivity index (χ0) is 23.8. The van der Waals surface area contributed by atoms with Gasteiger partial charge >= 0.3 is 0 Å². The highest BCUT2D eigenvalue weighted by atomic mass is 16.1. The van der Waals surface area contributed by atoms with E-state index in [1.54, 1.807) is 0 Å². The van der Waals surface area contributed by atoms with Crippen molar-refractivity contribution in [1.82, 2.24) is 5.32 Å². The van der Waals surface area contributed by atoms with Gasteiger partial charge in [-0.2, -0.15) is 0 Å². The molecule has 1 N–H and O–H groups in total. The van der Waals surface area contributed by atoms with Crippen LogP contribution in [0.2, 0.25) is 0 Å².